The highest BCUT2D eigenvalue weighted by atomic mass is 16.5. The first kappa shape index (κ1) is 10.9. The van der Waals surface area contributed by atoms with Gasteiger partial charge in [-0.25, -0.2) is 0 Å². The molecule has 0 aromatic rings. The van der Waals surface area contributed by atoms with E-state index in [0.717, 1.165) is 12.8 Å². The monoisotopic (exact) mass is 189 g/mol. The van der Waals surface area contributed by atoms with Crippen LogP contribution in [0.15, 0.2) is 0 Å². The lowest BCUT2D eigenvalue weighted by Crippen LogP contribution is -2.47. The van der Waals surface area contributed by atoms with Crippen LogP contribution in [0.5, 0.6) is 0 Å². The molecule has 1 saturated carbocycles. The Morgan fingerprint density at radius 1 is 1.54 bits per heavy atom. The third kappa shape index (κ3) is 2.64. The zero-order valence-corrected chi connectivity index (χ0v) is 8.16. The van der Waals surface area contributed by atoms with Gasteiger partial charge in [-0.1, -0.05) is 0 Å². The average molecular weight is 189 g/mol. The number of rotatable bonds is 7. The summed E-state index contributed by atoms with van der Waals surface area (Å²) in [5, 5.41) is 8.69. The maximum Gasteiger partial charge on any atom is 0.106 e. The predicted octanol–water partition coefficient (Wildman–Crippen LogP) is -0.251. The lowest BCUT2D eigenvalue weighted by Gasteiger charge is -2.31. The second-order valence-electron chi connectivity index (χ2n) is 3.55. The van der Waals surface area contributed by atoms with E-state index in [1.165, 1.54) is 0 Å². The van der Waals surface area contributed by atoms with Crippen LogP contribution in [-0.2, 0) is 9.47 Å². The average Bonchev–Trinajstić information content (AvgIpc) is 2.96. The molecule has 1 aliphatic carbocycles. The zero-order chi connectivity index (χ0) is 9.73. The maximum atomic E-state index is 8.69. The number of hydrogen-bond acceptors (Lipinski definition) is 4. The standard InChI is InChI=1S/C9H19NO3/c1-12-7-9(6-10,8-2-3-8)13-5-4-11/h8,11H,2-7,10H2,1H3. The van der Waals surface area contributed by atoms with Crippen molar-refractivity contribution in [2.24, 2.45) is 11.7 Å². The van der Waals surface area contributed by atoms with Gasteiger partial charge in [0.1, 0.15) is 5.60 Å². The van der Waals surface area contributed by atoms with E-state index in [2.05, 4.69) is 0 Å². The Morgan fingerprint density at radius 3 is 2.62 bits per heavy atom. The molecule has 1 aliphatic rings. The first-order chi connectivity index (χ1) is 6.29. The maximum absolute atomic E-state index is 8.69. The zero-order valence-electron chi connectivity index (χ0n) is 8.16. The Balaban J connectivity index is 2.47. The number of nitrogens with two attached hydrogens (primary N) is 1. The topological polar surface area (TPSA) is 64.7 Å². The van der Waals surface area contributed by atoms with Crippen molar-refractivity contribution >= 4 is 0 Å². The molecule has 0 heterocycles. The molecular formula is C9H19NO3. The smallest absolute Gasteiger partial charge is 0.106 e. The van der Waals surface area contributed by atoms with Crippen molar-refractivity contribution in [2.45, 2.75) is 18.4 Å². The number of hydrogen-bond donors (Lipinski definition) is 2. The lowest BCUT2D eigenvalue weighted by molar-refractivity contribution is -0.105. The molecule has 0 bridgehead atoms. The first-order valence-electron chi connectivity index (χ1n) is 4.73. The molecule has 0 saturated heterocycles. The SMILES string of the molecule is COCC(CN)(OCCO)C1CC1. The highest BCUT2D eigenvalue weighted by Gasteiger charge is 2.45. The van der Waals surface area contributed by atoms with Crippen molar-refractivity contribution in [1.29, 1.82) is 0 Å². The Morgan fingerprint density at radius 2 is 2.23 bits per heavy atom. The van der Waals surface area contributed by atoms with Gasteiger partial charge in [-0.05, 0) is 18.8 Å². The lowest BCUT2D eigenvalue weighted by atomic mass is 9.99. The molecule has 3 N–H and O–H groups in total. The quantitative estimate of drug-likeness (QED) is 0.579. The number of methoxy groups -OCH3 is 1. The molecule has 0 spiro atoms. The van der Waals surface area contributed by atoms with E-state index in [0.29, 0.717) is 25.7 Å². The third-order valence-corrected chi connectivity index (χ3v) is 2.54. The van der Waals surface area contributed by atoms with Crippen LogP contribution < -0.4 is 5.73 Å². The minimum absolute atomic E-state index is 0.0399. The third-order valence-electron chi connectivity index (χ3n) is 2.54. The van der Waals surface area contributed by atoms with Gasteiger partial charge in [0, 0.05) is 13.7 Å². The minimum Gasteiger partial charge on any atom is -0.394 e. The minimum atomic E-state index is -0.350. The molecule has 0 aromatic carbocycles. The molecule has 1 rings (SSSR count). The highest BCUT2D eigenvalue weighted by Crippen LogP contribution is 2.41. The van der Waals surface area contributed by atoms with E-state index in [1.807, 2.05) is 0 Å². The van der Waals surface area contributed by atoms with Gasteiger partial charge in [0.15, 0.2) is 0 Å². The normalized spacial score (nSPS) is 21.5. The summed E-state index contributed by atoms with van der Waals surface area (Å²) in [6.07, 6.45) is 2.32. The molecular weight excluding hydrogens is 170 g/mol. The summed E-state index contributed by atoms with van der Waals surface area (Å²) < 4.78 is 10.7. The fourth-order valence-electron chi connectivity index (χ4n) is 1.66. The van der Waals surface area contributed by atoms with Crippen molar-refractivity contribution in [3.05, 3.63) is 0 Å². The van der Waals surface area contributed by atoms with Crippen LogP contribution in [0.2, 0.25) is 0 Å². The predicted molar refractivity (Wildman–Crippen MR) is 49.4 cm³/mol. The Labute approximate surface area is 79.0 Å². The van der Waals surface area contributed by atoms with Gasteiger partial charge in [-0.3, -0.25) is 0 Å². The summed E-state index contributed by atoms with van der Waals surface area (Å²) >= 11 is 0. The highest BCUT2D eigenvalue weighted by molar-refractivity contribution is 4.97. The van der Waals surface area contributed by atoms with Crippen LogP contribution in [0.4, 0.5) is 0 Å². The summed E-state index contributed by atoms with van der Waals surface area (Å²) in [5.74, 6) is 0.518. The van der Waals surface area contributed by atoms with Gasteiger partial charge in [-0.15, -0.1) is 0 Å². The van der Waals surface area contributed by atoms with E-state index in [9.17, 15) is 0 Å². The van der Waals surface area contributed by atoms with E-state index in [-0.39, 0.29) is 12.2 Å². The number of ether oxygens (including phenoxy) is 2. The van der Waals surface area contributed by atoms with Crippen molar-refractivity contribution in [3.63, 3.8) is 0 Å². The van der Waals surface area contributed by atoms with Crippen molar-refractivity contribution in [1.82, 2.24) is 0 Å². The largest absolute Gasteiger partial charge is 0.394 e. The van der Waals surface area contributed by atoms with Crippen molar-refractivity contribution in [2.75, 3.05) is 33.5 Å². The van der Waals surface area contributed by atoms with Crippen molar-refractivity contribution < 1.29 is 14.6 Å². The molecule has 13 heavy (non-hydrogen) atoms. The summed E-state index contributed by atoms with van der Waals surface area (Å²) in [7, 11) is 1.65. The van der Waals surface area contributed by atoms with E-state index in [1.54, 1.807) is 7.11 Å². The molecule has 0 amide bonds. The van der Waals surface area contributed by atoms with E-state index < -0.39 is 0 Å². The van der Waals surface area contributed by atoms with E-state index >= 15 is 0 Å². The Kier molecular flexibility index (Phi) is 4.12. The molecule has 78 valence electrons. The molecule has 0 radical (unpaired) electrons. The van der Waals surface area contributed by atoms with Gasteiger partial charge in [0.25, 0.3) is 0 Å². The van der Waals surface area contributed by atoms with Crippen LogP contribution in [0, 0.1) is 5.92 Å². The summed E-state index contributed by atoms with van der Waals surface area (Å²) in [4.78, 5) is 0. The number of aliphatic hydroxyl groups excluding tert-OH is 1. The molecule has 4 nitrogen and oxygen atoms in total. The van der Waals surface area contributed by atoms with Gasteiger partial charge < -0.3 is 20.3 Å². The van der Waals surface area contributed by atoms with Crippen molar-refractivity contribution in [3.8, 4) is 0 Å². The fraction of sp³-hybridized carbons (Fsp3) is 1.00. The number of aliphatic hydroxyl groups is 1. The second kappa shape index (κ2) is 4.91. The molecule has 1 unspecified atom stereocenters. The Bertz CT molecular complexity index is 150. The van der Waals surface area contributed by atoms with Crippen LogP contribution in [0.1, 0.15) is 12.8 Å². The molecule has 4 heteroatoms. The summed E-state index contributed by atoms with van der Waals surface area (Å²) in [6.45, 7) is 1.37. The fourth-order valence-corrected chi connectivity index (χ4v) is 1.66. The van der Waals surface area contributed by atoms with Gasteiger partial charge in [0.05, 0.1) is 19.8 Å². The van der Waals surface area contributed by atoms with Crippen LogP contribution in [0.3, 0.4) is 0 Å². The molecule has 1 fully saturated rings. The molecule has 0 aromatic heterocycles. The summed E-state index contributed by atoms with van der Waals surface area (Å²) in [6, 6.07) is 0. The van der Waals surface area contributed by atoms with Gasteiger partial charge in [-0.2, -0.15) is 0 Å². The van der Waals surface area contributed by atoms with Crippen LogP contribution in [-0.4, -0.2) is 44.2 Å². The van der Waals surface area contributed by atoms with Gasteiger partial charge >= 0.3 is 0 Å². The van der Waals surface area contributed by atoms with Gasteiger partial charge in [0.2, 0.25) is 0 Å². The molecule has 0 aliphatic heterocycles. The van der Waals surface area contributed by atoms with Crippen LogP contribution >= 0.6 is 0 Å². The first-order valence-corrected chi connectivity index (χ1v) is 4.73. The Hall–Kier alpha value is -0.160. The summed E-state index contributed by atoms with van der Waals surface area (Å²) in [5.41, 5.74) is 5.34. The molecule has 1 atom stereocenters. The van der Waals surface area contributed by atoms with E-state index in [4.69, 9.17) is 20.3 Å². The second-order valence-corrected chi connectivity index (χ2v) is 3.55. The van der Waals surface area contributed by atoms with Crippen LogP contribution in [0.25, 0.3) is 0 Å².